The molecule has 0 spiro atoms. The first-order chi connectivity index (χ1) is 7.65. The normalized spacial score (nSPS) is 28.2. The molecule has 2 atom stereocenters. The highest BCUT2D eigenvalue weighted by atomic mass is 16.5. The molecule has 0 aromatic carbocycles. The fraction of sp³-hybridized carbons (Fsp3) is 0.900. The van der Waals surface area contributed by atoms with Crippen molar-refractivity contribution in [3.05, 3.63) is 0 Å². The molecule has 1 aliphatic heterocycles. The van der Waals surface area contributed by atoms with Crippen LogP contribution in [0.2, 0.25) is 0 Å². The molecule has 1 fully saturated rings. The lowest BCUT2D eigenvalue weighted by Crippen LogP contribution is -2.48. The van der Waals surface area contributed by atoms with Crippen LogP contribution in [0.4, 0.5) is 0 Å². The fourth-order valence-corrected chi connectivity index (χ4v) is 1.96. The molecule has 0 aromatic heterocycles. The molecule has 94 valence electrons. The van der Waals surface area contributed by atoms with E-state index in [1.807, 2.05) is 6.92 Å². The Bertz CT molecular complexity index is 235. The minimum absolute atomic E-state index is 0.0566. The Kier molecular flexibility index (Phi) is 5.51. The number of nitrogens with two attached hydrogens (primary N) is 1. The quantitative estimate of drug-likeness (QED) is 0.259. The van der Waals surface area contributed by atoms with E-state index < -0.39 is 0 Å². The monoisotopic (exact) mass is 231 g/mol. The van der Waals surface area contributed by atoms with Gasteiger partial charge in [0.2, 0.25) is 0 Å². The highest BCUT2D eigenvalue weighted by Gasteiger charge is 2.23. The molecule has 1 rings (SSSR count). The number of ether oxygens (including phenoxy) is 1. The Morgan fingerprint density at radius 1 is 1.56 bits per heavy atom. The summed E-state index contributed by atoms with van der Waals surface area (Å²) in [6, 6.07) is 0. The second-order valence-electron chi connectivity index (χ2n) is 4.21. The van der Waals surface area contributed by atoms with E-state index >= 15 is 0 Å². The number of aliphatic hydroxyl groups is 1. The van der Waals surface area contributed by atoms with Gasteiger partial charge in [-0.2, -0.15) is 0 Å². The van der Waals surface area contributed by atoms with Crippen molar-refractivity contribution in [1.82, 2.24) is 4.90 Å². The molecule has 0 aromatic rings. The molecule has 0 aliphatic carbocycles. The summed E-state index contributed by atoms with van der Waals surface area (Å²) in [6.45, 7) is 4.55. The van der Waals surface area contributed by atoms with Gasteiger partial charge in [-0.1, -0.05) is 5.16 Å². The van der Waals surface area contributed by atoms with Crippen LogP contribution in [0.25, 0.3) is 0 Å². The van der Waals surface area contributed by atoms with Gasteiger partial charge >= 0.3 is 0 Å². The molecule has 1 saturated heterocycles. The third kappa shape index (κ3) is 4.34. The molecule has 0 radical (unpaired) electrons. The molecule has 1 aliphatic rings. The Balaban J connectivity index is 2.25. The topological polar surface area (TPSA) is 91.3 Å². The highest BCUT2D eigenvalue weighted by Crippen LogP contribution is 2.11. The minimum Gasteiger partial charge on any atom is -0.409 e. The summed E-state index contributed by atoms with van der Waals surface area (Å²) in [6.07, 6.45) is 1.50. The summed E-state index contributed by atoms with van der Waals surface area (Å²) in [5.41, 5.74) is 5.39. The van der Waals surface area contributed by atoms with E-state index in [9.17, 15) is 0 Å². The summed E-state index contributed by atoms with van der Waals surface area (Å²) >= 11 is 0. The van der Waals surface area contributed by atoms with Crippen molar-refractivity contribution in [2.24, 2.45) is 10.9 Å². The first-order valence-electron chi connectivity index (χ1n) is 5.60. The van der Waals surface area contributed by atoms with E-state index in [-0.39, 0.29) is 24.7 Å². The number of morpholine rings is 1. The van der Waals surface area contributed by atoms with Crippen LogP contribution in [-0.2, 0) is 4.74 Å². The zero-order chi connectivity index (χ0) is 12.0. The van der Waals surface area contributed by atoms with Crippen LogP contribution < -0.4 is 5.73 Å². The molecule has 6 heteroatoms. The number of hydrogen-bond acceptors (Lipinski definition) is 5. The van der Waals surface area contributed by atoms with Gasteiger partial charge in [-0.25, -0.2) is 0 Å². The van der Waals surface area contributed by atoms with Crippen LogP contribution in [0, 0.1) is 0 Å². The number of nitrogens with zero attached hydrogens (tertiary/aromatic N) is 2. The maximum atomic E-state index is 9.05. The lowest BCUT2D eigenvalue weighted by Gasteiger charge is -2.36. The minimum atomic E-state index is -0.0902. The van der Waals surface area contributed by atoms with Gasteiger partial charge < -0.3 is 20.8 Å². The highest BCUT2D eigenvalue weighted by molar-refractivity contribution is 5.79. The van der Waals surface area contributed by atoms with Crippen molar-refractivity contribution < 1.29 is 15.1 Å². The van der Waals surface area contributed by atoms with Gasteiger partial charge in [0.05, 0.1) is 18.8 Å². The smallest absolute Gasteiger partial charge is 0.139 e. The molecule has 0 saturated carbocycles. The average Bonchev–Trinajstić information content (AvgIpc) is 2.28. The van der Waals surface area contributed by atoms with E-state index in [1.54, 1.807) is 0 Å². The molecule has 4 N–H and O–H groups in total. The molecule has 0 bridgehead atoms. The SMILES string of the molecule is CC1CN(CCCC(N)=NO)CC(CO)O1. The summed E-state index contributed by atoms with van der Waals surface area (Å²) in [5, 5.41) is 20.4. The molecular weight excluding hydrogens is 210 g/mol. The Hall–Kier alpha value is -0.850. The van der Waals surface area contributed by atoms with Gasteiger partial charge in [-0.05, 0) is 19.9 Å². The van der Waals surface area contributed by atoms with Crippen LogP contribution in [0.15, 0.2) is 5.16 Å². The fourth-order valence-electron chi connectivity index (χ4n) is 1.96. The maximum Gasteiger partial charge on any atom is 0.139 e. The molecule has 6 nitrogen and oxygen atoms in total. The van der Waals surface area contributed by atoms with E-state index in [2.05, 4.69) is 10.1 Å². The number of hydrogen-bond donors (Lipinski definition) is 3. The summed E-state index contributed by atoms with van der Waals surface area (Å²) in [4.78, 5) is 2.24. The largest absolute Gasteiger partial charge is 0.409 e. The van der Waals surface area contributed by atoms with Gasteiger partial charge in [-0.15, -0.1) is 0 Å². The zero-order valence-corrected chi connectivity index (χ0v) is 9.67. The second kappa shape index (κ2) is 6.67. The van der Waals surface area contributed by atoms with Gasteiger partial charge in [0, 0.05) is 19.5 Å². The summed E-state index contributed by atoms with van der Waals surface area (Å²) in [7, 11) is 0. The first kappa shape index (κ1) is 13.2. The van der Waals surface area contributed by atoms with Crippen molar-refractivity contribution in [2.75, 3.05) is 26.2 Å². The van der Waals surface area contributed by atoms with Crippen LogP contribution in [0.3, 0.4) is 0 Å². The van der Waals surface area contributed by atoms with Gasteiger partial charge in [0.15, 0.2) is 0 Å². The standard InChI is InChI=1S/C10H21N3O3/c1-8-5-13(6-9(7-14)16-8)4-2-3-10(11)12-15/h8-9,14-15H,2-7H2,1H3,(H2,11,12). The maximum absolute atomic E-state index is 9.05. The third-order valence-electron chi connectivity index (χ3n) is 2.64. The number of amidine groups is 1. The van der Waals surface area contributed by atoms with Crippen LogP contribution in [0.1, 0.15) is 19.8 Å². The van der Waals surface area contributed by atoms with Gasteiger partial charge in [0.25, 0.3) is 0 Å². The Labute approximate surface area is 95.7 Å². The number of rotatable bonds is 5. The van der Waals surface area contributed by atoms with Gasteiger partial charge in [0.1, 0.15) is 5.84 Å². The molecule has 2 unspecified atom stereocenters. The van der Waals surface area contributed by atoms with Crippen LogP contribution in [0.5, 0.6) is 0 Å². The van der Waals surface area contributed by atoms with Crippen LogP contribution >= 0.6 is 0 Å². The van der Waals surface area contributed by atoms with Crippen molar-refractivity contribution in [3.63, 3.8) is 0 Å². The van der Waals surface area contributed by atoms with Gasteiger partial charge in [-0.3, -0.25) is 4.90 Å². The molecule has 0 amide bonds. The van der Waals surface area contributed by atoms with Crippen LogP contribution in [-0.4, -0.2) is 59.5 Å². The lowest BCUT2D eigenvalue weighted by molar-refractivity contribution is -0.0950. The van der Waals surface area contributed by atoms with Crippen molar-refractivity contribution in [2.45, 2.75) is 32.0 Å². The number of aliphatic hydroxyl groups excluding tert-OH is 1. The van der Waals surface area contributed by atoms with E-state index in [0.717, 1.165) is 26.1 Å². The summed E-state index contributed by atoms with van der Waals surface area (Å²) < 4.78 is 5.53. The van der Waals surface area contributed by atoms with E-state index in [4.69, 9.17) is 20.8 Å². The van der Waals surface area contributed by atoms with E-state index in [1.165, 1.54) is 0 Å². The zero-order valence-electron chi connectivity index (χ0n) is 9.67. The third-order valence-corrected chi connectivity index (χ3v) is 2.64. The molecule has 16 heavy (non-hydrogen) atoms. The summed E-state index contributed by atoms with van der Waals surface area (Å²) in [5.74, 6) is 0.264. The predicted molar refractivity (Wildman–Crippen MR) is 60.5 cm³/mol. The van der Waals surface area contributed by atoms with E-state index in [0.29, 0.717) is 6.42 Å². The number of oxime groups is 1. The lowest BCUT2D eigenvalue weighted by atomic mass is 10.2. The second-order valence-corrected chi connectivity index (χ2v) is 4.21. The van der Waals surface area contributed by atoms with Crippen molar-refractivity contribution in [1.29, 1.82) is 0 Å². The first-order valence-corrected chi connectivity index (χ1v) is 5.60. The Morgan fingerprint density at radius 3 is 2.94 bits per heavy atom. The average molecular weight is 231 g/mol. The predicted octanol–water partition coefficient (Wildman–Crippen LogP) is -0.405. The van der Waals surface area contributed by atoms with Crippen molar-refractivity contribution in [3.8, 4) is 0 Å². The molecule has 1 heterocycles. The molecular formula is C10H21N3O3. The van der Waals surface area contributed by atoms with Crippen molar-refractivity contribution >= 4 is 5.84 Å². The Morgan fingerprint density at radius 2 is 2.31 bits per heavy atom.